The summed E-state index contributed by atoms with van der Waals surface area (Å²) in [5, 5.41) is 23.2. The van der Waals surface area contributed by atoms with Crippen LogP contribution in [-0.4, -0.2) is 47.4 Å². The fourth-order valence-corrected chi connectivity index (χ4v) is 10.1. The van der Waals surface area contributed by atoms with Crippen molar-refractivity contribution < 1.29 is 24.5 Å². The summed E-state index contributed by atoms with van der Waals surface area (Å²) in [4.78, 5) is 24.5. The molecule has 0 aliphatic carbocycles. The Kier molecular flexibility index (Phi) is 61.0. The molecule has 0 rings (SSSR count). The van der Waals surface area contributed by atoms with Crippen molar-refractivity contribution in [3.63, 3.8) is 0 Å². The number of amides is 1. The van der Waals surface area contributed by atoms with Crippen LogP contribution in [0.3, 0.4) is 0 Å². The first-order valence-corrected chi connectivity index (χ1v) is 32.7. The van der Waals surface area contributed by atoms with Gasteiger partial charge in [0.2, 0.25) is 5.91 Å². The number of rotatable bonds is 61. The van der Waals surface area contributed by atoms with Gasteiger partial charge in [-0.25, -0.2) is 0 Å². The monoisotopic (exact) mass is 1030 g/mol. The Bertz CT molecular complexity index is 1180. The summed E-state index contributed by atoms with van der Waals surface area (Å²) < 4.78 is 5.47. The van der Waals surface area contributed by atoms with Crippen LogP contribution in [0.4, 0.5) is 0 Å². The van der Waals surface area contributed by atoms with Crippen LogP contribution in [0.5, 0.6) is 0 Å². The number of aliphatic hydroxyl groups is 2. The molecule has 6 heteroatoms. The van der Waals surface area contributed by atoms with Crippen LogP contribution in [-0.2, 0) is 14.3 Å². The van der Waals surface area contributed by atoms with Gasteiger partial charge in [0.25, 0.3) is 0 Å². The van der Waals surface area contributed by atoms with Gasteiger partial charge in [0.15, 0.2) is 0 Å². The van der Waals surface area contributed by atoms with Crippen molar-refractivity contribution in [3.8, 4) is 0 Å². The van der Waals surface area contributed by atoms with Crippen LogP contribution in [0.2, 0.25) is 0 Å². The first-order chi connectivity index (χ1) is 36.0. The highest BCUT2D eigenvalue weighted by Crippen LogP contribution is 2.18. The van der Waals surface area contributed by atoms with Gasteiger partial charge >= 0.3 is 5.97 Å². The maximum atomic E-state index is 12.5. The molecule has 0 aromatic heterocycles. The van der Waals surface area contributed by atoms with Crippen LogP contribution in [0.15, 0.2) is 36.5 Å². The topological polar surface area (TPSA) is 95.9 Å². The van der Waals surface area contributed by atoms with Gasteiger partial charge < -0.3 is 20.3 Å². The standard InChI is InChI=1S/C67H127NO5/c1-3-5-7-9-11-13-15-41-45-49-53-57-61-67(72)73-62-58-54-50-46-42-38-36-34-32-30-28-26-24-22-20-18-16-17-19-21-23-25-27-29-31-33-35-37-40-44-48-52-56-60-66(71)68-64(63-69)65(70)59-55-51-47-43-39-14-12-10-8-6-4-2/h11,13,20,22,26,28,64-65,69-70H,3-10,12,14-19,21,23-25,27,29-63H2,1-2H3,(H,68,71)/b13-11-,22-20-,28-26-. The van der Waals surface area contributed by atoms with E-state index in [-0.39, 0.29) is 18.5 Å². The molecular weight excluding hydrogens is 899 g/mol. The fraction of sp³-hybridized carbons (Fsp3) is 0.881. The lowest BCUT2D eigenvalue weighted by atomic mass is 10.0. The predicted molar refractivity (Wildman–Crippen MR) is 319 cm³/mol. The van der Waals surface area contributed by atoms with E-state index in [1.54, 1.807) is 0 Å². The molecule has 2 atom stereocenters. The zero-order chi connectivity index (χ0) is 52.9. The van der Waals surface area contributed by atoms with E-state index in [1.165, 1.54) is 270 Å². The van der Waals surface area contributed by atoms with Crippen LogP contribution in [0.25, 0.3) is 0 Å². The summed E-state index contributed by atoms with van der Waals surface area (Å²) in [6.45, 7) is 4.93. The molecule has 73 heavy (non-hydrogen) atoms. The van der Waals surface area contributed by atoms with Crippen molar-refractivity contribution in [2.75, 3.05) is 13.2 Å². The zero-order valence-corrected chi connectivity index (χ0v) is 49.1. The SMILES string of the molecule is CCCCC/C=C\CCCCCCCC(=O)OCCCCCCCCCCC/C=C\C/C=C\CCCCCCCCCCCCCCCCCCCC(=O)NC(CO)C(O)CCCCCCCCCCCCC. The molecule has 0 aromatic carbocycles. The molecule has 0 fully saturated rings. The normalized spacial score (nSPS) is 12.8. The van der Waals surface area contributed by atoms with Crippen molar-refractivity contribution in [2.45, 2.75) is 366 Å². The van der Waals surface area contributed by atoms with E-state index in [1.807, 2.05) is 0 Å². The number of carbonyl (C=O) groups excluding carboxylic acids is 2. The quantitative estimate of drug-likeness (QED) is 0.0320. The first kappa shape index (κ1) is 71.1. The zero-order valence-electron chi connectivity index (χ0n) is 49.1. The van der Waals surface area contributed by atoms with Gasteiger partial charge in [0, 0.05) is 12.8 Å². The Labute approximate surface area is 455 Å². The lowest BCUT2D eigenvalue weighted by Crippen LogP contribution is -2.45. The maximum absolute atomic E-state index is 12.5. The second-order valence-corrected chi connectivity index (χ2v) is 22.4. The average molecular weight is 1030 g/mol. The Morgan fingerprint density at radius 2 is 0.685 bits per heavy atom. The smallest absolute Gasteiger partial charge is 0.305 e. The maximum Gasteiger partial charge on any atom is 0.305 e. The second kappa shape index (κ2) is 62.6. The summed E-state index contributed by atoms with van der Waals surface area (Å²) in [5.74, 6) is -0.0290. The molecule has 0 aliphatic rings. The largest absolute Gasteiger partial charge is 0.466 e. The lowest BCUT2D eigenvalue weighted by molar-refractivity contribution is -0.143. The van der Waals surface area contributed by atoms with Crippen molar-refractivity contribution in [3.05, 3.63) is 36.5 Å². The number of unbranched alkanes of at least 4 members (excludes halogenated alkanes) is 44. The van der Waals surface area contributed by atoms with E-state index >= 15 is 0 Å². The minimum atomic E-state index is -0.661. The van der Waals surface area contributed by atoms with E-state index in [0.717, 1.165) is 51.4 Å². The molecule has 3 N–H and O–H groups in total. The molecule has 0 heterocycles. The summed E-state index contributed by atoms with van der Waals surface area (Å²) in [6, 6.07) is -0.538. The molecule has 0 aromatic rings. The molecule has 0 saturated heterocycles. The van der Waals surface area contributed by atoms with Gasteiger partial charge in [0.05, 0.1) is 25.4 Å². The molecule has 430 valence electrons. The minimum Gasteiger partial charge on any atom is -0.466 e. The van der Waals surface area contributed by atoms with E-state index in [9.17, 15) is 19.8 Å². The van der Waals surface area contributed by atoms with E-state index in [2.05, 4.69) is 55.6 Å². The molecule has 0 aliphatic heterocycles. The summed E-state index contributed by atoms with van der Waals surface area (Å²) in [5.41, 5.74) is 0. The third-order valence-electron chi connectivity index (χ3n) is 15.2. The highest BCUT2D eigenvalue weighted by atomic mass is 16.5. The molecule has 0 saturated carbocycles. The van der Waals surface area contributed by atoms with Crippen molar-refractivity contribution in [1.29, 1.82) is 0 Å². The highest BCUT2D eigenvalue weighted by molar-refractivity contribution is 5.76. The lowest BCUT2D eigenvalue weighted by Gasteiger charge is -2.22. The van der Waals surface area contributed by atoms with E-state index < -0.39 is 12.1 Å². The Hall–Kier alpha value is -1.92. The number of aliphatic hydroxyl groups excluding tert-OH is 2. The molecular formula is C67H127NO5. The molecule has 0 spiro atoms. The number of ether oxygens (including phenoxy) is 1. The molecule has 0 bridgehead atoms. The Morgan fingerprint density at radius 1 is 0.384 bits per heavy atom. The van der Waals surface area contributed by atoms with Crippen LogP contribution in [0, 0.1) is 0 Å². The minimum absolute atomic E-state index is 0.00400. The van der Waals surface area contributed by atoms with Gasteiger partial charge in [-0.15, -0.1) is 0 Å². The third-order valence-corrected chi connectivity index (χ3v) is 15.2. The average Bonchev–Trinajstić information content (AvgIpc) is 3.39. The molecule has 0 radical (unpaired) electrons. The predicted octanol–water partition coefficient (Wildman–Crippen LogP) is 20.8. The Morgan fingerprint density at radius 3 is 1.08 bits per heavy atom. The van der Waals surface area contributed by atoms with Crippen LogP contribution in [0.1, 0.15) is 354 Å². The van der Waals surface area contributed by atoms with Gasteiger partial charge in [0.1, 0.15) is 0 Å². The van der Waals surface area contributed by atoms with Crippen LogP contribution < -0.4 is 5.32 Å². The van der Waals surface area contributed by atoms with Crippen molar-refractivity contribution in [2.24, 2.45) is 0 Å². The van der Waals surface area contributed by atoms with Crippen LogP contribution >= 0.6 is 0 Å². The summed E-state index contributed by atoms with van der Waals surface area (Å²) >= 11 is 0. The molecule has 1 amide bonds. The van der Waals surface area contributed by atoms with Gasteiger partial charge in [-0.1, -0.05) is 294 Å². The highest BCUT2D eigenvalue weighted by Gasteiger charge is 2.20. The van der Waals surface area contributed by atoms with E-state index in [0.29, 0.717) is 25.9 Å². The first-order valence-electron chi connectivity index (χ1n) is 32.7. The van der Waals surface area contributed by atoms with Crippen molar-refractivity contribution in [1.82, 2.24) is 5.32 Å². The number of hydrogen-bond acceptors (Lipinski definition) is 5. The van der Waals surface area contributed by atoms with Gasteiger partial charge in [-0.2, -0.15) is 0 Å². The molecule has 6 nitrogen and oxygen atoms in total. The number of esters is 1. The van der Waals surface area contributed by atoms with Crippen molar-refractivity contribution >= 4 is 11.9 Å². The second-order valence-electron chi connectivity index (χ2n) is 22.4. The van der Waals surface area contributed by atoms with E-state index in [4.69, 9.17) is 4.74 Å². The summed E-state index contributed by atoms with van der Waals surface area (Å²) in [7, 11) is 0. The third kappa shape index (κ3) is 59.2. The number of allylic oxidation sites excluding steroid dienone is 6. The number of hydrogen-bond donors (Lipinski definition) is 3. The number of nitrogens with one attached hydrogen (secondary N) is 1. The van der Waals surface area contributed by atoms with Gasteiger partial charge in [-0.3, -0.25) is 9.59 Å². The fourth-order valence-electron chi connectivity index (χ4n) is 10.1. The van der Waals surface area contributed by atoms with Gasteiger partial charge in [-0.05, 0) is 83.5 Å². The Balaban J connectivity index is 3.36. The summed E-state index contributed by atoms with van der Waals surface area (Å²) in [6.07, 6.45) is 79.0. The molecule has 2 unspecified atom stereocenters. The number of carbonyl (C=O) groups is 2.